The van der Waals surface area contributed by atoms with Crippen LogP contribution in [0.4, 0.5) is 4.48 Å². The smallest absolute Gasteiger partial charge is 0.0835 e. The van der Waals surface area contributed by atoms with E-state index in [0.29, 0.717) is 30.2 Å². The fourth-order valence-corrected chi connectivity index (χ4v) is 2.22. The van der Waals surface area contributed by atoms with Crippen LogP contribution in [0.3, 0.4) is 0 Å². The molecule has 0 aromatic rings. The third kappa shape index (κ3) is 3.70. The molecular weight excluding hydrogens is 193 g/mol. The quantitative estimate of drug-likeness (QED) is 0.430. The zero-order valence-electron chi connectivity index (χ0n) is 9.51. The molecule has 0 unspecified atom stereocenters. The first kappa shape index (κ1) is 12.3. The van der Waals surface area contributed by atoms with Crippen molar-refractivity contribution < 1.29 is 4.48 Å². The molecule has 0 aliphatic heterocycles. The minimum absolute atomic E-state index is 0.202. The van der Waals surface area contributed by atoms with Gasteiger partial charge in [0, 0.05) is 5.70 Å². The van der Waals surface area contributed by atoms with E-state index in [4.69, 9.17) is 11.6 Å². The predicted molar refractivity (Wildman–Crippen MR) is 59.8 cm³/mol. The highest BCUT2D eigenvalue weighted by Crippen LogP contribution is 2.30. The summed E-state index contributed by atoms with van der Waals surface area (Å²) >= 11 is 0. The molecule has 4 N–H and O–H groups in total. The molecule has 0 atom stereocenters. The van der Waals surface area contributed by atoms with E-state index in [-0.39, 0.29) is 5.23 Å². The summed E-state index contributed by atoms with van der Waals surface area (Å²) < 4.78 is 13.0. The number of halogens is 1. The van der Waals surface area contributed by atoms with Crippen LogP contribution in [-0.2, 0) is 0 Å². The number of nitrogens with two attached hydrogens (primary N) is 2. The highest BCUT2D eigenvalue weighted by molar-refractivity contribution is 5.08. The number of hydrogen-bond acceptors (Lipinski definition) is 3. The van der Waals surface area contributed by atoms with E-state index < -0.39 is 0 Å². The van der Waals surface area contributed by atoms with Crippen molar-refractivity contribution in [3.8, 4) is 0 Å². The zero-order valence-corrected chi connectivity index (χ0v) is 9.51. The molecule has 1 aliphatic carbocycles. The highest BCUT2D eigenvalue weighted by atomic mass is 19.2. The van der Waals surface area contributed by atoms with Gasteiger partial charge in [-0.3, -0.25) is 0 Å². The zero-order chi connectivity index (χ0) is 11.3. The lowest BCUT2D eigenvalue weighted by Gasteiger charge is -2.24. The second-order valence-corrected chi connectivity index (χ2v) is 4.34. The largest absolute Gasteiger partial charge is 0.401 e. The Morgan fingerprint density at radius 3 is 2.40 bits per heavy atom. The first-order valence-electron chi connectivity index (χ1n) is 5.83. The maximum Gasteiger partial charge on any atom is 0.0835 e. The Hall–Kier alpha value is -0.770. The van der Waals surface area contributed by atoms with Crippen molar-refractivity contribution in [3.63, 3.8) is 0 Å². The van der Waals surface area contributed by atoms with Crippen LogP contribution in [-0.4, -0.2) is 5.23 Å². The molecule has 1 saturated carbocycles. The fraction of sp³-hybridized carbons (Fsp3) is 0.818. The molecule has 0 radical (unpaired) electrons. The van der Waals surface area contributed by atoms with Crippen LogP contribution < -0.4 is 11.6 Å². The summed E-state index contributed by atoms with van der Waals surface area (Å²) in [7, 11) is 0. The van der Waals surface area contributed by atoms with Gasteiger partial charge >= 0.3 is 0 Å². The van der Waals surface area contributed by atoms with Gasteiger partial charge in [0.1, 0.15) is 0 Å². The second-order valence-electron chi connectivity index (χ2n) is 4.34. The van der Waals surface area contributed by atoms with Crippen LogP contribution in [0.15, 0.2) is 11.4 Å². The molecule has 3 nitrogen and oxygen atoms in total. The topological polar surface area (TPSA) is 55.3 Å². The number of hydrogen-bond donors (Lipinski definition) is 2. The van der Waals surface area contributed by atoms with Gasteiger partial charge in [0.2, 0.25) is 0 Å². The van der Waals surface area contributed by atoms with E-state index in [9.17, 15) is 4.48 Å². The Morgan fingerprint density at radius 2 is 1.93 bits per heavy atom. The molecule has 15 heavy (non-hydrogen) atoms. The van der Waals surface area contributed by atoms with Crippen molar-refractivity contribution in [2.24, 2.45) is 17.5 Å². The Labute approximate surface area is 91.2 Å². The fourth-order valence-electron chi connectivity index (χ4n) is 2.22. The molecule has 0 aromatic heterocycles. The van der Waals surface area contributed by atoms with Crippen molar-refractivity contribution in [1.82, 2.24) is 5.23 Å². The highest BCUT2D eigenvalue weighted by Gasteiger charge is 2.19. The van der Waals surface area contributed by atoms with E-state index in [2.05, 4.69) is 0 Å². The van der Waals surface area contributed by atoms with Gasteiger partial charge < -0.3 is 5.73 Å². The first-order chi connectivity index (χ1) is 7.15. The first-order valence-corrected chi connectivity index (χ1v) is 5.83. The molecule has 0 bridgehead atoms. The van der Waals surface area contributed by atoms with Crippen molar-refractivity contribution in [2.75, 3.05) is 0 Å². The Bertz CT molecular complexity index is 220. The predicted octanol–water partition coefficient (Wildman–Crippen LogP) is 2.60. The van der Waals surface area contributed by atoms with Crippen molar-refractivity contribution in [2.45, 2.75) is 51.9 Å². The van der Waals surface area contributed by atoms with Crippen LogP contribution in [0.1, 0.15) is 51.9 Å². The van der Waals surface area contributed by atoms with Gasteiger partial charge in [0.25, 0.3) is 0 Å². The summed E-state index contributed by atoms with van der Waals surface area (Å²) in [5.74, 6) is 5.72. The van der Waals surface area contributed by atoms with Gasteiger partial charge in [-0.15, -0.1) is 5.23 Å². The monoisotopic (exact) mass is 215 g/mol. The summed E-state index contributed by atoms with van der Waals surface area (Å²) in [4.78, 5) is 0. The Morgan fingerprint density at radius 1 is 1.33 bits per heavy atom. The lowest BCUT2D eigenvalue weighted by molar-refractivity contribution is 0.0581. The van der Waals surface area contributed by atoms with Crippen molar-refractivity contribution in [1.29, 1.82) is 0 Å². The third-order valence-corrected chi connectivity index (χ3v) is 3.22. The van der Waals surface area contributed by atoms with Crippen molar-refractivity contribution >= 4 is 0 Å². The van der Waals surface area contributed by atoms with Gasteiger partial charge in [0.15, 0.2) is 0 Å². The summed E-state index contributed by atoms with van der Waals surface area (Å²) in [6, 6.07) is 0. The molecule has 0 spiro atoms. The molecule has 0 saturated heterocycles. The standard InChI is InChI=1S/C11H22FN3/c1-2-10(13)11(15(12)14)8-9-6-4-3-5-7-9/h9H,2-8,13-14H2,1H3/b11-10-. The molecule has 4 heteroatoms. The van der Waals surface area contributed by atoms with Gasteiger partial charge in [-0.2, -0.15) is 0 Å². The molecule has 1 aliphatic rings. The van der Waals surface area contributed by atoms with Crippen LogP contribution >= 0.6 is 0 Å². The minimum atomic E-state index is 0.202. The van der Waals surface area contributed by atoms with Crippen LogP contribution in [0.2, 0.25) is 0 Å². The number of allylic oxidation sites excluding steroid dienone is 2. The summed E-state index contributed by atoms with van der Waals surface area (Å²) in [6.07, 6.45) is 7.50. The van der Waals surface area contributed by atoms with Crippen LogP contribution in [0.5, 0.6) is 0 Å². The van der Waals surface area contributed by atoms with Gasteiger partial charge in [-0.1, -0.05) is 43.5 Å². The molecule has 1 rings (SSSR count). The summed E-state index contributed by atoms with van der Waals surface area (Å²) in [5.41, 5.74) is 6.80. The molecule has 0 aromatic carbocycles. The molecule has 0 amide bonds. The SMILES string of the molecule is CC/C(N)=C(\CC1CCCCC1)N(N)F. The van der Waals surface area contributed by atoms with Gasteiger partial charge in [-0.05, 0) is 18.8 Å². The average Bonchev–Trinajstić information content (AvgIpc) is 2.26. The Balaban J connectivity index is 2.58. The van der Waals surface area contributed by atoms with E-state index in [1.165, 1.54) is 32.1 Å². The minimum Gasteiger partial charge on any atom is -0.401 e. The van der Waals surface area contributed by atoms with Crippen molar-refractivity contribution in [3.05, 3.63) is 11.4 Å². The van der Waals surface area contributed by atoms with Crippen LogP contribution in [0, 0.1) is 5.92 Å². The van der Waals surface area contributed by atoms with Gasteiger partial charge in [0.05, 0.1) is 5.70 Å². The van der Waals surface area contributed by atoms with Crippen LogP contribution in [0.25, 0.3) is 0 Å². The lowest BCUT2D eigenvalue weighted by Crippen LogP contribution is -2.26. The third-order valence-electron chi connectivity index (χ3n) is 3.22. The van der Waals surface area contributed by atoms with E-state index >= 15 is 0 Å². The second kappa shape index (κ2) is 5.95. The maximum absolute atomic E-state index is 13.0. The number of hydrazine groups is 1. The van der Waals surface area contributed by atoms with Gasteiger partial charge in [-0.25, -0.2) is 5.84 Å². The molecule has 0 heterocycles. The summed E-state index contributed by atoms with van der Waals surface area (Å²) in [6.45, 7) is 1.92. The summed E-state index contributed by atoms with van der Waals surface area (Å²) in [5, 5.41) is 0.202. The number of rotatable bonds is 4. The molecule has 1 fully saturated rings. The van der Waals surface area contributed by atoms with E-state index in [0.717, 1.165) is 0 Å². The maximum atomic E-state index is 13.0. The van der Waals surface area contributed by atoms with E-state index in [1.807, 2.05) is 6.92 Å². The average molecular weight is 215 g/mol. The van der Waals surface area contributed by atoms with E-state index in [1.54, 1.807) is 0 Å². The normalized spacial score (nSPS) is 19.9. The molecular formula is C11H22FN3. The molecule has 88 valence electrons. The Kier molecular flexibility index (Phi) is 4.88. The number of nitrogens with zero attached hydrogens (tertiary/aromatic N) is 1. The lowest BCUT2D eigenvalue weighted by atomic mass is 9.86.